The third-order valence-electron chi connectivity index (χ3n) is 5.93. The Labute approximate surface area is 168 Å². The van der Waals surface area contributed by atoms with Crippen LogP contribution in [-0.2, 0) is 4.74 Å². The number of nitrogens with zero attached hydrogens (tertiary/aromatic N) is 3. The average Bonchev–Trinajstić information content (AvgIpc) is 3.23. The zero-order valence-corrected chi connectivity index (χ0v) is 16.4. The fourth-order valence-electron chi connectivity index (χ4n) is 4.63. The SMILES string of the molecule is COCCCN1C[C@H]2CC(Nc3ccc(-c4cc(F)cc(F)c4F)nn3)C[C@H]2C1. The minimum absolute atomic E-state index is 0.0986. The van der Waals surface area contributed by atoms with Gasteiger partial charge in [-0.25, -0.2) is 13.2 Å². The summed E-state index contributed by atoms with van der Waals surface area (Å²) in [6.07, 6.45) is 3.23. The summed E-state index contributed by atoms with van der Waals surface area (Å²) >= 11 is 0. The van der Waals surface area contributed by atoms with Crippen molar-refractivity contribution in [2.45, 2.75) is 25.3 Å². The van der Waals surface area contributed by atoms with Crippen LogP contribution in [0.3, 0.4) is 0 Å². The summed E-state index contributed by atoms with van der Waals surface area (Å²) in [6, 6.07) is 4.97. The van der Waals surface area contributed by atoms with Crippen LogP contribution in [0.25, 0.3) is 11.3 Å². The van der Waals surface area contributed by atoms with E-state index in [9.17, 15) is 13.2 Å². The highest BCUT2D eigenvalue weighted by atomic mass is 19.2. The molecule has 2 heterocycles. The van der Waals surface area contributed by atoms with Gasteiger partial charge < -0.3 is 15.0 Å². The molecule has 3 atom stereocenters. The van der Waals surface area contributed by atoms with Crippen molar-refractivity contribution < 1.29 is 17.9 Å². The second kappa shape index (κ2) is 8.67. The number of fused-ring (bicyclic) bond motifs is 1. The van der Waals surface area contributed by atoms with Gasteiger partial charge in [0.15, 0.2) is 11.6 Å². The molecule has 1 saturated carbocycles. The lowest BCUT2D eigenvalue weighted by molar-refractivity contribution is 0.177. The van der Waals surface area contributed by atoms with Crippen molar-refractivity contribution in [3.63, 3.8) is 0 Å². The first-order valence-electron chi connectivity index (χ1n) is 10.00. The Morgan fingerprint density at radius 2 is 1.86 bits per heavy atom. The number of halogens is 3. The van der Waals surface area contributed by atoms with Gasteiger partial charge in [0.05, 0.1) is 5.69 Å². The molecule has 1 aromatic heterocycles. The van der Waals surface area contributed by atoms with E-state index >= 15 is 0 Å². The van der Waals surface area contributed by atoms with E-state index in [1.807, 2.05) is 0 Å². The van der Waals surface area contributed by atoms with E-state index in [1.54, 1.807) is 13.2 Å². The van der Waals surface area contributed by atoms with Crippen LogP contribution in [-0.4, -0.2) is 54.5 Å². The van der Waals surface area contributed by atoms with Crippen molar-refractivity contribution in [3.05, 3.63) is 41.7 Å². The molecule has 1 unspecified atom stereocenters. The normalized spacial score (nSPS) is 24.1. The molecule has 1 aromatic carbocycles. The predicted octanol–water partition coefficient (Wildman–Crippen LogP) is 3.72. The molecule has 2 aromatic rings. The maximum atomic E-state index is 13.9. The van der Waals surface area contributed by atoms with Gasteiger partial charge in [-0.1, -0.05) is 0 Å². The lowest BCUT2D eigenvalue weighted by atomic mass is 10.0. The molecule has 4 rings (SSSR count). The van der Waals surface area contributed by atoms with Gasteiger partial charge in [0.1, 0.15) is 11.6 Å². The highest BCUT2D eigenvalue weighted by Gasteiger charge is 2.40. The van der Waals surface area contributed by atoms with Gasteiger partial charge in [-0.2, -0.15) is 0 Å². The minimum atomic E-state index is -1.24. The molecule has 29 heavy (non-hydrogen) atoms. The first-order valence-corrected chi connectivity index (χ1v) is 10.00. The standard InChI is InChI=1S/C21H25F3N4O/c1-29-6-2-5-28-11-13-7-16(8-14(13)12-28)25-20-4-3-19(26-27-20)17-9-15(22)10-18(23)21(17)24/h3-4,9-10,13-14,16H,2,5-8,11-12H2,1H3,(H,25,27)/t13-,14+,16?. The number of ether oxygens (including phenoxy) is 1. The van der Waals surface area contributed by atoms with Gasteiger partial charge in [-0.15, -0.1) is 10.2 Å². The summed E-state index contributed by atoms with van der Waals surface area (Å²) in [5, 5.41) is 11.4. The molecule has 0 radical (unpaired) electrons. The molecular formula is C21H25F3N4O. The first-order chi connectivity index (χ1) is 14.0. The van der Waals surface area contributed by atoms with Crippen LogP contribution < -0.4 is 5.32 Å². The quantitative estimate of drug-likeness (QED) is 0.561. The van der Waals surface area contributed by atoms with Gasteiger partial charge in [0, 0.05) is 51.0 Å². The van der Waals surface area contributed by atoms with Gasteiger partial charge in [0.25, 0.3) is 0 Å². The Bertz CT molecular complexity index is 835. The molecule has 5 nitrogen and oxygen atoms in total. The molecule has 0 spiro atoms. The summed E-state index contributed by atoms with van der Waals surface area (Å²) in [5.41, 5.74) is -0.132. The van der Waals surface area contributed by atoms with E-state index in [2.05, 4.69) is 20.4 Å². The molecule has 8 heteroatoms. The zero-order valence-electron chi connectivity index (χ0n) is 16.4. The maximum Gasteiger partial charge on any atom is 0.168 e. The molecule has 0 amide bonds. The van der Waals surface area contributed by atoms with Crippen LogP contribution in [0, 0.1) is 29.3 Å². The van der Waals surface area contributed by atoms with Crippen molar-refractivity contribution >= 4 is 5.82 Å². The lowest BCUT2D eigenvalue weighted by Crippen LogP contribution is -2.26. The number of hydrogen-bond donors (Lipinski definition) is 1. The summed E-state index contributed by atoms with van der Waals surface area (Å²) in [6.45, 7) is 4.14. The highest BCUT2D eigenvalue weighted by Crippen LogP contribution is 2.39. The molecule has 1 aliphatic carbocycles. The molecule has 1 saturated heterocycles. The van der Waals surface area contributed by atoms with E-state index in [-0.39, 0.29) is 11.3 Å². The third kappa shape index (κ3) is 4.53. The molecular weight excluding hydrogens is 381 g/mol. The van der Waals surface area contributed by atoms with E-state index in [4.69, 9.17) is 4.74 Å². The summed E-state index contributed by atoms with van der Waals surface area (Å²) in [4.78, 5) is 2.52. The van der Waals surface area contributed by atoms with Crippen molar-refractivity contribution in [2.24, 2.45) is 11.8 Å². The topological polar surface area (TPSA) is 50.3 Å². The van der Waals surface area contributed by atoms with Gasteiger partial charge in [-0.05, 0) is 49.3 Å². The number of rotatable bonds is 7. The van der Waals surface area contributed by atoms with E-state index in [0.29, 0.717) is 29.8 Å². The lowest BCUT2D eigenvalue weighted by Gasteiger charge is -2.19. The maximum absolute atomic E-state index is 13.9. The third-order valence-corrected chi connectivity index (χ3v) is 5.93. The summed E-state index contributed by atoms with van der Waals surface area (Å²) < 4.78 is 45.9. The van der Waals surface area contributed by atoms with E-state index in [1.165, 1.54) is 6.07 Å². The van der Waals surface area contributed by atoms with Gasteiger partial charge >= 0.3 is 0 Å². The second-order valence-electron chi connectivity index (χ2n) is 7.99. The van der Waals surface area contributed by atoms with Crippen LogP contribution in [0.4, 0.5) is 19.0 Å². The summed E-state index contributed by atoms with van der Waals surface area (Å²) in [5.74, 6) is -1.25. The highest BCUT2D eigenvalue weighted by molar-refractivity contribution is 5.60. The molecule has 156 valence electrons. The summed E-state index contributed by atoms with van der Waals surface area (Å²) in [7, 11) is 1.73. The van der Waals surface area contributed by atoms with Gasteiger partial charge in [-0.3, -0.25) is 0 Å². The van der Waals surface area contributed by atoms with E-state index in [0.717, 1.165) is 51.6 Å². The fourth-order valence-corrected chi connectivity index (χ4v) is 4.63. The smallest absolute Gasteiger partial charge is 0.168 e. The van der Waals surface area contributed by atoms with Crippen LogP contribution in [0.15, 0.2) is 24.3 Å². The Hall–Kier alpha value is -2.19. The Balaban J connectivity index is 1.33. The number of anilines is 1. The fraction of sp³-hybridized carbons (Fsp3) is 0.524. The molecule has 2 aliphatic rings. The van der Waals surface area contributed by atoms with E-state index < -0.39 is 17.5 Å². The zero-order chi connectivity index (χ0) is 20.4. The molecule has 1 aliphatic heterocycles. The van der Waals surface area contributed by atoms with Crippen LogP contribution in [0.1, 0.15) is 19.3 Å². The number of likely N-dealkylation sites (tertiary alicyclic amines) is 1. The Morgan fingerprint density at radius 3 is 2.52 bits per heavy atom. The van der Waals surface area contributed by atoms with Crippen molar-refractivity contribution in [1.29, 1.82) is 0 Å². The molecule has 2 fully saturated rings. The Morgan fingerprint density at radius 1 is 1.10 bits per heavy atom. The monoisotopic (exact) mass is 406 g/mol. The average molecular weight is 406 g/mol. The number of nitrogens with one attached hydrogen (secondary N) is 1. The predicted molar refractivity (Wildman–Crippen MR) is 104 cm³/mol. The van der Waals surface area contributed by atoms with Crippen molar-refractivity contribution in [2.75, 3.05) is 38.7 Å². The van der Waals surface area contributed by atoms with Crippen molar-refractivity contribution in [1.82, 2.24) is 15.1 Å². The molecule has 1 N–H and O–H groups in total. The van der Waals surface area contributed by atoms with Gasteiger partial charge in [0.2, 0.25) is 0 Å². The van der Waals surface area contributed by atoms with Crippen molar-refractivity contribution in [3.8, 4) is 11.3 Å². The molecule has 0 bridgehead atoms. The first kappa shape index (κ1) is 20.1. The van der Waals surface area contributed by atoms with Crippen LogP contribution >= 0.6 is 0 Å². The second-order valence-corrected chi connectivity index (χ2v) is 7.99. The van der Waals surface area contributed by atoms with Crippen LogP contribution in [0.2, 0.25) is 0 Å². The Kier molecular flexibility index (Phi) is 6.01. The number of benzene rings is 1. The largest absolute Gasteiger partial charge is 0.385 e. The van der Waals surface area contributed by atoms with Crippen LogP contribution in [0.5, 0.6) is 0 Å². The minimum Gasteiger partial charge on any atom is -0.385 e. The number of aromatic nitrogens is 2. The number of methoxy groups -OCH3 is 1. The number of hydrogen-bond acceptors (Lipinski definition) is 5.